The van der Waals surface area contributed by atoms with Crippen LogP contribution in [0.25, 0.3) is 6.08 Å². The number of carbonyl (C=O) groups excluding carboxylic acids is 2. The number of hydrogen-bond acceptors (Lipinski definition) is 6. The molecule has 0 aromatic heterocycles. The van der Waals surface area contributed by atoms with Crippen LogP contribution in [0.2, 0.25) is 0 Å². The van der Waals surface area contributed by atoms with Crippen molar-refractivity contribution in [3.05, 3.63) is 58.1 Å². The first-order valence-corrected chi connectivity index (χ1v) is 8.83. The molecule has 0 unspecified atom stereocenters. The van der Waals surface area contributed by atoms with Crippen LogP contribution in [-0.2, 0) is 14.3 Å². The Labute approximate surface area is 170 Å². The summed E-state index contributed by atoms with van der Waals surface area (Å²) >= 11 is 3.37. The van der Waals surface area contributed by atoms with Crippen LogP contribution in [0, 0.1) is 11.3 Å². The van der Waals surface area contributed by atoms with E-state index in [2.05, 4.69) is 26.0 Å². The molecule has 0 bridgehead atoms. The molecule has 0 heterocycles. The monoisotopic (exact) mass is 444 g/mol. The van der Waals surface area contributed by atoms with Gasteiger partial charge in [-0.25, -0.2) is 4.79 Å². The number of nitrogens with zero attached hydrogens (tertiary/aromatic N) is 1. The number of para-hydroxylation sites is 1. The first-order valence-electron chi connectivity index (χ1n) is 8.03. The van der Waals surface area contributed by atoms with Gasteiger partial charge in [0, 0.05) is 10.2 Å². The fraction of sp³-hybridized carbons (Fsp3) is 0.150. The van der Waals surface area contributed by atoms with E-state index < -0.39 is 11.9 Å². The van der Waals surface area contributed by atoms with Gasteiger partial charge in [0.2, 0.25) is 0 Å². The summed E-state index contributed by atoms with van der Waals surface area (Å²) in [6.45, 7) is -0.280. The van der Waals surface area contributed by atoms with Crippen LogP contribution < -0.4 is 14.8 Å². The summed E-state index contributed by atoms with van der Waals surface area (Å²) in [5.41, 5.74) is 1.02. The summed E-state index contributed by atoms with van der Waals surface area (Å²) in [6, 6.07) is 13.9. The molecule has 8 heteroatoms. The second-order valence-electron chi connectivity index (χ2n) is 5.38. The molecule has 144 valence electrons. The Morgan fingerprint density at radius 1 is 1.18 bits per heavy atom. The predicted molar refractivity (Wildman–Crippen MR) is 107 cm³/mol. The van der Waals surface area contributed by atoms with Crippen LogP contribution in [0.5, 0.6) is 11.5 Å². The maximum Gasteiger partial charge on any atom is 0.343 e. The molecule has 28 heavy (non-hydrogen) atoms. The van der Waals surface area contributed by atoms with E-state index in [1.54, 1.807) is 36.4 Å². The number of nitriles is 1. The number of nitrogens with one attached hydrogen (secondary N) is 1. The lowest BCUT2D eigenvalue weighted by atomic mass is 10.1. The predicted octanol–water partition coefficient (Wildman–Crippen LogP) is 3.56. The molecule has 0 fully saturated rings. The Balaban J connectivity index is 2.28. The molecular formula is C20H17BrN2O5. The zero-order valence-corrected chi connectivity index (χ0v) is 16.8. The third-order valence-corrected chi connectivity index (χ3v) is 4.24. The van der Waals surface area contributed by atoms with Gasteiger partial charge < -0.3 is 19.5 Å². The molecule has 0 saturated carbocycles. The van der Waals surface area contributed by atoms with Crippen LogP contribution in [0.15, 0.2) is 52.5 Å². The molecule has 2 aromatic rings. The van der Waals surface area contributed by atoms with Crippen molar-refractivity contribution in [3.63, 3.8) is 0 Å². The summed E-state index contributed by atoms with van der Waals surface area (Å²) < 4.78 is 15.7. The van der Waals surface area contributed by atoms with Crippen molar-refractivity contribution in [2.75, 3.05) is 26.1 Å². The van der Waals surface area contributed by atoms with Crippen LogP contribution in [0.3, 0.4) is 0 Å². The van der Waals surface area contributed by atoms with Gasteiger partial charge in [-0.3, -0.25) is 4.79 Å². The summed E-state index contributed by atoms with van der Waals surface area (Å²) in [7, 11) is 2.70. The van der Waals surface area contributed by atoms with Gasteiger partial charge in [0.25, 0.3) is 5.91 Å². The SMILES string of the molecule is COC(=O)COc1cc(Br)c(C=C(C#N)C(=O)Nc2ccccc2)cc1OC. The van der Waals surface area contributed by atoms with E-state index in [1.807, 2.05) is 12.1 Å². The lowest BCUT2D eigenvalue weighted by Crippen LogP contribution is -2.13. The molecule has 0 atom stereocenters. The van der Waals surface area contributed by atoms with Crippen LogP contribution in [-0.4, -0.2) is 32.7 Å². The zero-order chi connectivity index (χ0) is 20.5. The largest absolute Gasteiger partial charge is 0.493 e. The summed E-state index contributed by atoms with van der Waals surface area (Å²) in [6.07, 6.45) is 1.43. The highest BCUT2D eigenvalue weighted by molar-refractivity contribution is 9.10. The third kappa shape index (κ3) is 5.59. The standard InChI is InChI=1S/C20H17BrN2O5/c1-26-17-9-13(16(21)10-18(17)28-12-19(24)27-2)8-14(11-22)20(25)23-15-6-4-3-5-7-15/h3-10H,12H2,1-2H3,(H,23,25). The van der Waals surface area contributed by atoms with E-state index in [4.69, 9.17) is 9.47 Å². The quantitative estimate of drug-likeness (QED) is 0.398. The molecule has 0 aliphatic heterocycles. The van der Waals surface area contributed by atoms with Gasteiger partial charge in [0.05, 0.1) is 14.2 Å². The van der Waals surface area contributed by atoms with Crippen LogP contribution in [0.1, 0.15) is 5.56 Å². The van der Waals surface area contributed by atoms with Gasteiger partial charge in [-0.2, -0.15) is 5.26 Å². The average Bonchev–Trinajstić information content (AvgIpc) is 2.71. The molecule has 1 N–H and O–H groups in total. The molecule has 0 radical (unpaired) electrons. The lowest BCUT2D eigenvalue weighted by Gasteiger charge is -2.12. The number of hydrogen-bond donors (Lipinski definition) is 1. The minimum atomic E-state index is -0.536. The Kier molecular flexibility index (Phi) is 7.60. The maximum absolute atomic E-state index is 12.4. The van der Waals surface area contributed by atoms with Crippen LogP contribution in [0.4, 0.5) is 5.69 Å². The Bertz CT molecular complexity index is 936. The van der Waals surface area contributed by atoms with E-state index in [0.29, 0.717) is 27.2 Å². The second-order valence-corrected chi connectivity index (χ2v) is 6.23. The molecular weight excluding hydrogens is 428 g/mol. The smallest absolute Gasteiger partial charge is 0.343 e. The minimum Gasteiger partial charge on any atom is -0.493 e. The number of methoxy groups -OCH3 is 2. The Morgan fingerprint density at radius 2 is 1.89 bits per heavy atom. The molecule has 0 aliphatic carbocycles. The summed E-state index contributed by atoms with van der Waals surface area (Å²) in [4.78, 5) is 23.6. The maximum atomic E-state index is 12.4. The number of carbonyl (C=O) groups is 2. The molecule has 0 saturated heterocycles. The number of ether oxygens (including phenoxy) is 3. The van der Waals surface area contributed by atoms with Crippen LogP contribution >= 0.6 is 15.9 Å². The van der Waals surface area contributed by atoms with Crippen molar-refractivity contribution < 1.29 is 23.8 Å². The molecule has 2 aromatic carbocycles. The first-order chi connectivity index (χ1) is 13.5. The molecule has 1 amide bonds. The van der Waals surface area contributed by atoms with E-state index in [0.717, 1.165) is 0 Å². The van der Waals surface area contributed by atoms with Gasteiger partial charge in [0.1, 0.15) is 11.6 Å². The van der Waals surface area contributed by atoms with Gasteiger partial charge in [0.15, 0.2) is 18.1 Å². The fourth-order valence-electron chi connectivity index (χ4n) is 2.15. The zero-order valence-electron chi connectivity index (χ0n) is 15.2. The van der Waals surface area contributed by atoms with Gasteiger partial charge in [-0.1, -0.05) is 34.1 Å². The first kappa shape index (κ1) is 21.0. The highest BCUT2D eigenvalue weighted by atomic mass is 79.9. The van der Waals surface area contributed by atoms with Gasteiger partial charge >= 0.3 is 5.97 Å². The van der Waals surface area contributed by atoms with E-state index in [-0.39, 0.29) is 12.2 Å². The van der Waals surface area contributed by atoms with Crippen molar-refractivity contribution in [3.8, 4) is 17.6 Å². The van der Waals surface area contributed by atoms with E-state index in [9.17, 15) is 14.9 Å². The fourth-order valence-corrected chi connectivity index (χ4v) is 2.59. The summed E-state index contributed by atoms with van der Waals surface area (Å²) in [5, 5.41) is 12.0. The van der Waals surface area contributed by atoms with Crippen molar-refractivity contribution in [1.29, 1.82) is 5.26 Å². The van der Waals surface area contributed by atoms with E-state index in [1.165, 1.54) is 20.3 Å². The normalized spacial score (nSPS) is 10.6. The van der Waals surface area contributed by atoms with Crippen molar-refractivity contribution >= 4 is 39.6 Å². The number of benzene rings is 2. The van der Waals surface area contributed by atoms with Gasteiger partial charge in [-0.05, 0) is 35.9 Å². The number of halogens is 1. The molecule has 2 rings (SSSR count). The number of rotatable bonds is 7. The lowest BCUT2D eigenvalue weighted by molar-refractivity contribution is -0.142. The molecule has 7 nitrogen and oxygen atoms in total. The minimum absolute atomic E-state index is 0.0881. The van der Waals surface area contributed by atoms with Crippen molar-refractivity contribution in [2.24, 2.45) is 0 Å². The topological polar surface area (TPSA) is 97.7 Å². The third-order valence-electron chi connectivity index (χ3n) is 3.55. The highest BCUT2D eigenvalue weighted by Gasteiger charge is 2.14. The summed E-state index contributed by atoms with van der Waals surface area (Å²) in [5.74, 6) is -0.430. The van der Waals surface area contributed by atoms with Gasteiger partial charge in [-0.15, -0.1) is 0 Å². The van der Waals surface area contributed by atoms with Crippen molar-refractivity contribution in [1.82, 2.24) is 0 Å². The molecule has 0 aliphatic rings. The number of anilines is 1. The average molecular weight is 445 g/mol. The molecule has 0 spiro atoms. The number of esters is 1. The van der Waals surface area contributed by atoms with Crippen molar-refractivity contribution in [2.45, 2.75) is 0 Å². The number of amides is 1. The second kappa shape index (κ2) is 10.1. The van der Waals surface area contributed by atoms with E-state index >= 15 is 0 Å². The Hall–Kier alpha value is -3.31. The Morgan fingerprint density at radius 3 is 2.50 bits per heavy atom. The highest BCUT2D eigenvalue weighted by Crippen LogP contribution is 2.34.